The lowest BCUT2D eigenvalue weighted by atomic mass is 9.89. The molecule has 0 bridgehead atoms. The number of carboxylic acids is 1. The summed E-state index contributed by atoms with van der Waals surface area (Å²) in [5.74, 6) is 0.636. The Labute approximate surface area is 129 Å². The van der Waals surface area contributed by atoms with Crippen LogP contribution in [0.3, 0.4) is 0 Å². The van der Waals surface area contributed by atoms with Crippen molar-refractivity contribution in [3.05, 3.63) is 29.6 Å². The Bertz CT molecular complexity index is 592. The van der Waals surface area contributed by atoms with Gasteiger partial charge in [0.2, 0.25) is 0 Å². The quantitative estimate of drug-likeness (QED) is 0.874. The zero-order valence-corrected chi connectivity index (χ0v) is 12.6. The molecule has 0 aliphatic heterocycles. The van der Waals surface area contributed by atoms with Crippen LogP contribution in [-0.2, 0) is 0 Å². The highest BCUT2D eigenvalue weighted by Gasteiger charge is 2.19. The number of nitrogens with zero attached hydrogens (tertiary/aromatic N) is 1. The van der Waals surface area contributed by atoms with Gasteiger partial charge in [0.15, 0.2) is 0 Å². The number of aromatic nitrogens is 2. The fourth-order valence-electron chi connectivity index (χ4n) is 2.73. The van der Waals surface area contributed by atoms with Gasteiger partial charge in [0.1, 0.15) is 5.82 Å². The number of aromatic amines is 1. The minimum absolute atomic E-state index is 0. The number of rotatable bonds is 2. The van der Waals surface area contributed by atoms with Gasteiger partial charge >= 0.3 is 5.97 Å². The Morgan fingerprint density at radius 2 is 1.90 bits per heavy atom. The number of hydrogen-bond acceptors (Lipinski definition) is 2. The number of halogens is 2. The highest BCUT2D eigenvalue weighted by atomic mass is 35.5. The molecular formula is C14H18Cl2N2O2. The molecule has 1 heterocycles. The van der Waals surface area contributed by atoms with Gasteiger partial charge in [-0.3, -0.25) is 0 Å². The number of carboxylic acid groups (broad SMARTS) is 1. The highest BCUT2D eigenvalue weighted by molar-refractivity contribution is 5.92. The summed E-state index contributed by atoms with van der Waals surface area (Å²) in [6, 6.07) is 5.05. The van der Waals surface area contributed by atoms with Gasteiger partial charge in [-0.05, 0) is 31.0 Å². The first-order valence-corrected chi connectivity index (χ1v) is 6.47. The molecule has 6 heteroatoms. The van der Waals surface area contributed by atoms with Crippen molar-refractivity contribution in [2.24, 2.45) is 0 Å². The predicted octanol–water partition coefficient (Wildman–Crippen LogP) is 4.15. The number of fused-ring (bicyclic) bond motifs is 1. The molecule has 0 amide bonds. The van der Waals surface area contributed by atoms with Gasteiger partial charge in [0.25, 0.3) is 0 Å². The molecule has 0 radical (unpaired) electrons. The molecule has 1 aliphatic carbocycles. The van der Waals surface area contributed by atoms with E-state index in [1.165, 1.54) is 32.1 Å². The summed E-state index contributed by atoms with van der Waals surface area (Å²) in [4.78, 5) is 18.8. The van der Waals surface area contributed by atoms with Crippen molar-refractivity contribution in [2.45, 2.75) is 38.0 Å². The van der Waals surface area contributed by atoms with Crippen molar-refractivity contribution in [1.29, 1.82) is 0 Å². The van der Waals surface area contributed by atoms with E-state index in [2.05, 4.69) is 9.97 Å². The predicted molar refractivity (Wildman–Crippen MR) is 83.4 cm³/mol. The smallest absolute Gasteiger partial charge is 0.335 e. The molecule has 3 rings (SSSR count). The molecule has 20 heavy (non-hydrogen) atoms. The second-order valence-corrected chi connectivity index (χ2v) is 4.99. The number of hydrogen-bond donors (Lipinski definition) is 2. The average molecular weight is 317 g/mol. The van der Waals surface area contributed by atoms with Crippen LogP contribution in [0.4, 0.5) is 0 Å². The summed E-state index contributed by atoms with van der Waals surface area (Å²) in [6.45, 7) is 0. The van der Waals surface area contributed by atoms with Gasteiger partial charge in [-0.15, -0.1) is 24.8 Å². The molecule has 1 aliphatic rings. The number of imidazole rings is 1. The molecule has 1 saturated carbocycles. The number of aromatic carboxylic acids is 1. The molecule has 0 atom stereocenters. The molecule has 2 N–H and O–H groups in total. The van der Waals surface area contributed by atoms with Crippen LogP contribution >= 0.6 is 24.8 Å². The fraction of sp³-hybridized carbons (Fsp3) is 0.429. The normalized spacial score (nSPS) is 15.4. The third kappa shape index (κ3) is 3.25. The van der Waals surface area contributed by atoms with Crippen LogP contribution in [0, 0.1) is 0 Å². The number of benzene rings is 1. The molecule has 1 aromatic carbocycles. The lowest BCUT2D eigenvalue weighted by Crippen LogP contribution is -2.05. The maximum absolute atomic E-state index is 10.9. The summed E-state index contributed by atoms with van der Waals surface area (Å²) in [5.41, 5.74) is 2.00. The first-order valence-electron chi connectivity index (χ1n) is 6.47. The van der Waals surface area contributed by atoms with E-state index in [4.69, 9.17) is 5.11 Å². The summed E-state index contributed by atoms with van der Waals surface area (Å²) < 4.78 is 0. The van der Waals surface area contributed by atoms with E-state index in [1.54, 1.807) is 18.2 Å². The lowest BCUT2D eigenvalue weighted by Gasteiger charge is -2.18. The number of H-pyrrole nitrogens is 1. The highest BCUT2D eigenvalue weighted by Crippen LogP contribution is 2.32. The Hall–Kier alpha value is -1.26. The molecule has 1 aromatic heterocycles. The third-order valence-electron chi connectivity index (χ3n) is 3.74. The van der Waals surface area contributed by atoms with E-state index in [0.717, 1.165) is 16.9 Å². The van der Waals surface area contributed by atoms with Crippen molar-refractivity contribution in [3.8, 4) is 0 Å². The largest absolute Gasteiger partial charge is 0.478 e. The fourth-order valence-corrected chi connectivity index (χ4v) is 2.73. The maximum Gasteiger partial charge on any atom is 0.335 e. The van der Waals surface area contributed by atoms with Crippen LogP contribution < -0.4 is 0 Å². The Kier molecular flexibility index (Phi) is 5.84. The summed E-state index contributed by atoms with van der Waals surface area (Å²) in [5, 5.41) is 8.97. The topological polar surface area (TPSA) is 66.0 Å². The minimum atomic E-state index is -0.897. The van der Waals surface area contributed by atoms with Crippen molar-refractivity contribution in [2.75, 3.05) is 0 Å². The maximum atomic E-state index is 10.9. The zero-order valence-electron chi connectivity index (χ0n) is 11.0. The first-order chi connectivity index (χ1) is 8.74. The van der Waals surface area contributed by atoms with Gasteiger partial charge in [-0.25, -0.2) is 9.78 Å². The van der Waals surface area contributed by atoms with Crippen molar-refractivity contribution in [3.63, 3.8) is 0 Å². The van der Waals surface area contributed by atoms with Gasteiger partial charge in [0.05, 0.1) is 16.6 Å². The summed E-state index contributed by atoms with van der Waals surface area (Å²) in [7, 11) is 0. The standard InChI is InChI=1S/C14H16N2O2.2ClH/c17-14(18)10-6-7-11-12(8-10)16-13(15-11)9-4-2-1-3-5-9;;/h6-9H,1-5H2,(H,15,16)(H,17,18);2*1H. The molecule has 4 nitrogen and oxygen atoms in total. The monoisotopic (exact) mass is 316 g/mol. The van der Waals surface area contributed by atoms with E-state index in [1.807, 2.05) is 0 Å². The zero-order chi connectivity index (χ0) is 12.5. The summed E-state index contributed by atoms with van der Waals surface area (Å²) in [6.07, 6.45) is 6.22. The molecule has 2 aromatic rings. The Morgan fingerprint density at radius 3 is 2.55 bits per heavy atom. The van der Waals surface area contributed by atoms with Crippen LogP contribution in [0.25, 0.3) is 11.0 Å². The molecule has 0 unspecified atom stereocenters. The van der Waals surface area contributed by atoms with Gasteiger partial charge < -0.3 is 10.1 Å². The van der Waals surface area contributed by atoms with E-state index in [-0.39, 0.29) is 24.8 Å². The van der Waals surface area contributed by atoms with E-state index in [9.17, 15) is 4.79 Å². The van der Waals surface area contributed by atoms with Gasteiger partial charge in [0, 0.05) is 5.92 Å². The molecular weight excluding hydrogens is 299 g/mol. The van der Waals surface area contributed by atoms with Crippen LogP contribution in [0.1, 0.15) is 54.2 Å². The first kappa shape index (κ1) is 16.8. The molecule has 1 fully saturated rings. The van der Waals surface area contributed by atoms with Crippen LogP contribution in [0.2, 0.25) is 0 Å². The van der Waals surface area contributed by atoms with Crippen LogP contribution in [-0.4, -0.2) is 21.0 Å². The average Bonchev–Trinajstić information content (AvgIpc) is 2.82. The number of nitrogens with one attached hydrogen (secondary N) is 1. The van der Waals surface area contributed by atoms with Crippen molar-refractivity contribution in [1.82, 2.24) is 9.97 Å². The number of carbonyl (C=O) groups is 1. The molecule has 0 spiro atoms. The summed E-state index contributed by atoms with van der Waals surface area (Å²) >= 11 is 0. The van der Waals surface area contributed by atoms with E-state index < -0.39 is 5.97 Å². The Balaban J connectivity index is 0.000001000. The van der Waals surface area contributed by atoms with Crippen LogP contribution in [0.5, 0.6) is 0 Å². The van der Waals surface area contributed by atoms with Gasteiger partial charge in [-0.1, -0.05) is 19.3 Å². The Morgan fingerprint density at radius 1 is 1.20 bits per heavy atom. The van der Waals surface area contributed by atoms with Crippen LogP contribution in [0.15, 0.2) is 18.2 Å². The molecule has 0 saturated heterocycles. The molecule has 110 valence electrons. The second-order valence-electron chi connectivity index (χ2n) is 4.99. The van der Waals surface area contributed by atoms with Crippen molar-refractivity contribution >= 4 is 41.8 Å². The third-order valence-corrected chi connectivity index (χ3v) is 3.74. The van der Waals surface area contributed by atoms with E-state index >= 15 is 0 Å². The second kappa shape index (κ2) is 6.95. The van der Waals surface area contributed by atoms with E-state index in [0.29, 0.717) is 11.5 Å². The lowest BCUT2D eigenvalue weighted by molar-refractivity contribution is 0.0697. The van der Waals surface area contributed by atoms with Gasteiger partial charge in [-0.2, -0.15) is 0 Å². The van der Waals surface area contributed by atoms with Crippen molar-refractivity contribution < 1.29 is 9.90 Å². The minimum Gasteiger partial charge on any atom is -0.478 e. The SMILES string of the molecule is Cl.Cl.O=C(O)c1ccc2nc(C3CCCCC3)[nH]c2c1.